The van der Waals surface area contributed by atoms with Gasteiger partial charge in [0.2, 0.25) is 5.91 Å². The van der Waals surface area contributed by atoms with Crippen LogP contribution in [0.3, 0.4) is 0 Å². The summed E-state index contributed by atoms with van der Waals surface area (Å²) in [5.74, 6) is 0.565. The van der Waals surface area contributed by atoms with Gasteiger partial charge in [-0.25, -0.2) is 0 Å². The minimum absolute atomic E-state index is 0.126. The fourth-order valence-electron chi connectivity index (χ4n) is 4.13. The molecule has 2 fully saturated rings. The first kappa shape index (κ1) is 18.1. The van der Waals surface area contributed by atoms with E-state index >= 15 is 0 Å². The molecule has 0 radical (unpaired) electrons. The second-order valence-corrected chi connectivity index (χ2v) is 7.43. The summed E-state index contributed by atoms with van der Waals surface area (Å²) in [4.78, 5) is 18.8. The molecule has 3 unspecified atom stereocenters. The highest BCUT2D eigenvalue weighted by atomic mass is 16.5. The van der Waals surface area contributed by atoms with Crippen molar-refractivity contribution in [2.45, 2.75) is 38.0 Å². The lowest BCUT2D eigenvalue weighted by Gasteiger charge is -2.37. The van der Waals surface area contributed by atoms with Gasteiger partial charge in [0.05, 0.1) is 44.1 Å². The van der Waals surface area contributed by atoms with Crippen LogP contribution in [-0.2, 0) is 34.3 Å². The first-order valence-corrected chi connectivity index (χ1v) is 9.55. The Bertz CT molecular complexity index is 764. The van der Waals surface area contributed by atoms with Gasteiger partial charge in [0.25, 0.3) is 0 Å². The zero-order valence-corrected chi connectivity index (χ0v) is 15.7. The number of hydrogen-bond acceptors (Lipinski definition) is 5. The molecule has 7 heteroatoms. The maximum Gasteiger partial charge on any atom is 0.229 e. The highest BCUT2D eigenvalue weighted by Gasteiger charge is 2.42. The fraction of sp³-hybridized carbons (Fsp3) is 0.550. The topological polar surface area (TPSA) is 69.5 Å². The average molecular weight is 370 g/mol. The van der Waals surface area contributed by atoms with Gasteiger partial charge < -0.3 is 14.4 Å². The van der Waals surface area contributed by atoms with E-state index in [4.69, 9.17) is 9.47 Å². The predicted octanol–water partition coefficient (Wildman–Crippen LogP) is 1.58. The molecule has 4 rings (SSSR count). The van der Waals surface area contributed by atoms with Crippen molar-refractivity contribution in [3.63, 3.8) is 0 Å². The minimum Gasteiger partial charge on any atom is -0.376 e. The van der Waals surface area contributed by atoms with Crippen molar-refractivity contribution in [3.05, 3.63) is 48.0 Å². The Kier molecular flexibility index (Phi) is 5.50. The molecule has 0 spiro atoms. The normalized spacial score (nSPS) is 24.8. The number of amides is 1. The van der Waals surface area contributed by atoms with Crippen LogP contribution >= 0.6 is 0 Å². The van der Waals surface area contributed by atoms with E-state index in [9.17, 15) is 4.79 Å². The van der Waals surface area contributed by atoms with E-state index in [1.165, 1.54) is 0 Å². The lowest BCUT2D eigenvalue weighted by molar-refractivity contribution is -0.143. The largest absolute Gasteiger partial charge is 0.376 e. The number of carbonyl (C=O) groups excluding carboxylic acids is 1. The molecule has 2 aromatic heterocycles. The van der Waals surface area contributed by atoms with Crippen molar-refractivity contribution in [3.8, 4) is 0 Å². The minimum atomic E-state index is 0.126. The van der Waals surface area contributed by atoms with E-state index < -0.39 is 0 Å². The molecule has 0 N–H and O–H groups in total. The molecule has 0 aromatic carbocycles. The molecule has 3 heterocycles. The van der Waals surface area contributed by atoms with Gasteiger partial charge in [0, 0.05) is 32.2 Å². The summed E-state index contributed by atoms with van der Waals surface area (Å²) in [7, 11) is 1.87. The highest BCUT2D eigenvalue weighted by molar-refractivity contribution is 5.78. The smallest absolute Gasteiger partial charge is 0.229 e. The van der Waals surface area contributed by atoms with Crippen molar-refractivity contribution in [1.82, 2.24) is 19.7 Å². The number of morpholine rings is 1. The first-order valence-electron chi connectivity index (χ1n) is 9.55. The van der Waals surface area contributed by atoms with Crippen molar-refractivity contribution >= 4 is 5.91 Å². The summed E-state index contributed by atoms with van der Waals surface area (Å²) in [6, 6.07) is 6.00. The van der Waals surface area contributed by atoms with E-state index in [1.807, 2.05) is 36.3 Å². The molecular weight excluding hydrogens is 344 g/mol. The summed E-state index contributed by atoms with van der Waals surface area (Å²) in [6.07, 6.45) is 7.80. The average Bonchev–Trinajstić information content (AvgIpc) is 3.27. The van der Waals surface area contributed by atoms with Crippen molar-refractivity contribution in [1.29, 1.82) is 0 Å². The summed E-state index contributed by atoms with van der Waals surface area (Å²) in [5, 5.41) is 4.33. The monoisotopic (exact) mass is 370 g/mol. The Balaban J connectivity index is 1.30. The van der Waals surface area contributed by atoms with E-state index in [-0.39, 0.29) is 18.1 Å². The maximum absolute atomic E-state index is 12.8. The third-order valence-corrected chi connectivity index (χ3v) is 5.43. The van der Waals surface area contributed by atoms with Crippen molar-refractivity contribution < 1.29 is 14.3 Å². The number of rotatable bonds is 6. The second kappa shape index (κ2) is 8.19. The Hall–Kier alpha value is -2.25. The Labute approximate surface area is 159 Å². The van der Waals surface area contributed by atoms with Crippen LogP contribution < -0.4 is 0 Å². The molecule has 1 saturated heterocycles. The molecule has 3 atom stereocenters. The van der Waals surface area contributed by atoms with Crippen molar-refractivity contribution in [2.24, 2.45) is 13.0 Å². The molecule has 2 aromatic rings. The van der Waals surface area contributed by atoms with E-state index in [0.29, 0.717) is 38.7 Å². The van der Waals surface area contributed by atoms with Crippen molar-refractivity contribution in [2.75, 3.05) is 19.8 Å². The van der Waals surface area contributed by atoms with Crippen LogP contribution in [0.25, 0.3) is 0 Å². The van der Waals surface area contributed by atoms with Crippen LogP contribution in [0.5, 0.6) is 0 Å². The predicted molar refractivity (Wildman–Crippen MR) is 98.8 cm³/mol. The van der Waals surface area contributed by atoms with E-state index in [1.54, 1.807) is 17.1 Å². The SMILES string of the molecule is Cn1ccc(CC(=O)N2CCOC3CC(COCc4ccncc4)CC32)n1. The summed E-state index contributed by atoms with van der Waals surface area (Å²) in [6.45, 7) is 2.57. The molecule has 1 aliphatic heterocycles. The molecule has 2 aliphatic rings. The quantitative estimate of drug-likeness (QED) is 0.772. The molecular formula is C20H26N4O3. The number of aryl methyl sites for hydroxylation is 1. The molecule has 27 heavy (non-hydrogen) atoms. The number of nitrogens with zero attached hydrogens (tertiary/aromatic N) is 4. The van der Waals surface area contributed by atoms with Crippen LogP contribution in [0.4, 0.5) is 0 Å². The third-order valence-electron chi connectivity index (χ3n) is 5.43. The van der Waals surface area contributed by atoms with Gasteiger partial charge in [-0.15, -0.1) is 0 Å². The summed E-state index contributed by atoms with van der Waals surface area (Å²) in [5.41, 5.74) is 1.95. The zero-order chi connectivity index (χ0) is 18.6. The van der Waals surface area contributed by atoms with Crippen LogP contribution in [0, 0.1) is 5.92 Å². The number of carbonyl (C=O) groups is 1. The summed E-state index contributed by atoms with van der Waals surface area (Å²) < 4.78 is 13.6. The Morgan fingerprint density at radius 3 is 2.93 bits per heavy atom. The summed E-state index contributed by atoms with van der Waals surface area (Å²) >= 11 is 0. The van der Waals surface area contributed by atoms with Gasteiger partial charge in [0.15, 0.2) is 0 Å². The maximum atomic E-state index is 12.8. The van der Waals surface area contributed by atoms with E-state index in [2.05, 4.69) is 10.1 Å². The fourth-order valence-corrected chi connectivity index (χ4v) is 4.13. The molecule has 1 aliphatic carbocycles. The number of ether oxygens (including phenoxy) is 2. The Morgan fingerprint density at radius 1 is 1.30 bits per heavy atom. The first-order chi connectivity index (χ1) is 13.2. The zero-order valence-electron chi connectivity index (χ0n) is 15.7. The number of pyridine rings is 1. The second-order valence-electron chi connectivity index (χ2n) is 7.43. The molecule has 1 amide bonds. The molecule has 0 bridgehead atoms. The van der Waals surface area contributed by atoms with E-state index in [0.717, 1.165) is 24.1 Å². The van der Waals surface area contributed by atoms with Gasteiger partial charge in [-0.3, -0.25) is 14.5 Å². The molecule has 7 nitrogen and oxygen atoms in total. The van der Waals surface area contributed by atoms with Gasteiger partial charge in [-0.2, -0.15) is 5.10 Å². The van der Waals surface area contributed by atoms with Gasteiger partial charge in [-0.1, -0.05) is 0 Å². The van der Waals surface area contributed by atoms with Crippen LogP contribution in [0.15, 0.2) is 36.8 Å². The van der Waals surface area contributed by atoms with Crippen LogP contribution in [-0.4, -0.2) is 57.5 Å². The van der Waals surface area contributed by atoms with Gasteiger partial charge in [-0.05, 0) is 42.5 Å². The standard InChI is InChI=1S/C20H26N4O3/c1-23-7-4-17(22-23)12-20(25)24-8-9-27-19-11-16(10-18(19)24)14-26-13-15-2-5-21-6-3-15/h2-7,16,18-19H,8-14H2,1H3. The number of hydrogen-bond donors (Lipinski definition) is 0. The van der Waals surface area contributed by atoms with Gasteiger partial charge in [0.1, 0.15) is 0 Å². The highest BCUT2D eigenvalue weighted by Crippen LogP contribution is 2.34. The molecule has 144 valence electrons. The van der Waals surface area contributed by atoms with Crippen LogP contribution in [0.2, 0.25) is 0 Å². The lowest BCUT2D eigenvalue weighted by atomic mass is 10.1. The van der Waals surface area contributed by atoms with Gasteiger partial charge >= 0.3 is 0 Å². The number of aromatic nitrogens is 3. The van der Waals surface area contributed by atoms with Crippen LogP contribution in [0.1, 0.15) is 24.1 Å². The lowest BCUT2D eigenvalue weighted by Crippen LogP contribution is -2.51. The Morgan fingerprint density at radius 2 is 2.15 bits per heavy atom. The third kappa shape index (κ3) is 4.36. The number of fused-ring (bicyclic) bond motifs is 1. The molecule has 1 saturated carbocycles.